The summed E-state index contributed by atoms with van der Waals surface area (Å²) in [5.41, 5.74) is 1.24. The highest BCUT2D eigenvalue weighted by atomic mass is 79.9. The number of halogens is 2. The van der Waals surface area contributed by atoms with Gasteiger partial charge in [-0.2, -0.15) is 0 Å². The third-order valence-electron chi connectivity index (χ3n) is 2.25. The van der Waals surface area contributed by atoms with E-state index in [2.05, 4.69) is 28.1 Å². The first kappa shape index (κ1) is 12.1. The number of hydrogen-bond donors (Lipinski definition) is 0. The van der Waals surface area contributed by atoms with Gasteiger partial charge in [0, 0.05) is 5.33 Å². The molecule has 1 aromatic carbocycles. The summed E-state index contributed by atoms with van der Waals surface area (Å²) in [7, 11) is 0. The Hall–Kier alpha value is -0.0100. The lowest BCUT2D eigenvalue weighted by Crippen LogP contribution is -1.90. The van der Waals surface area contributed by atoms with E-state index in [1.165, 1.54) is 24.8 Å². The van der Waals surface area contributed by atoms with Crippen LogP contribution in [0.3, 0.4) is 0 Å². The lowest BCUT2D eigenvalue weighted by molar-refractivity contribution is 0.659. The summed E-state index contributed by atoms with van der Waals surface area (Å²) in [5.74, 6) is 0. The predicted octanol–water partition coefficient (Wildman–Crippen LogP) is 4.92. The molecule has 0 nitrogen and oxygen atoms in total. The number of hydrogen-bond acceptors (Lipinski definition) is 0. The lowest BCUT2D eigenvalue weighted by atomic mass is 10.1. The standard InChI is InChI=1S/C12H16BrCl/c13-10-6-2-5-9-12(14)11-7-3-1-4-8-11/h1,3-4,7-8,12H,2,5-6,9-10H2. The molecule has 1 aromatic rings. The highest BCUT2D eigenvalue weighted by Gasteiger charge is 2.05. The molecular formula is C12H16BrCl. The Labute approximate surface area is 99.8 Å². The fourth-order valence-electron chi connectivity index (χ4n) is 1.42. The van der Waals surface area contributed by atoms with Crippen LogP contribution in [-0.2, 0) is 0 Å². The molecule has 0 radical (unpaired) electrons. The van der Waals surface area contributed by atoms with Gasteiger partial charge in [0.15, 0.2) is 0 Å². The minimum atomic E-state index is 0.187. The average Bonchev–Trinajstić information content (AvgIpc) is 2.25. The van der Waals surface area contributed by atoms with E-state index < -0.39 is 0 Å². The Morgan fingerprint density at radius 1 is 1.07 bits per heavy atom. The highest BCUT2D eigenvalue weighted by Crippen LogP contribution is 2.26. The first-order chi connectivity index (χ1) is 6.84. The van der Waals surface area contributed by atoms with Gasteiger partial charge in [-0.15, -0.1) is 11.6 Å². The van der Waals surface area contributed by atoms with E-state index in [4.69, 9.17) is 11.6 Å². The van der Waals surface area contributed by atoms with Crippen molar-refractivity contribution in [3.63, 3.8) is 0 Å². The van der Waals surface area contributed by atoms with Crippen molar-refractivity contribution in [2.24, 2.45) is 0 Å². The fraction of sp³-hybridized carbons (Fsp3) is 0.500. The molecule has 1 rings (SSSR count). The van der Waals surface area contributed by atoms with Crippen molar-refractivity contribution in [2.75, 3.05) is 5.33 Å². The molecule has 0 N–H and O–H groups in total. The second-order valence-electron chi connectivity index (χ2n) is 3.42. The summed E-state index contributed by atoms with van der Waals surface area (Å²) in [6, 6.07) is 10.3. The van der Waals surface area contributed by atoms with E-state index in [1.54, 1.807) is 0 Å². The summed E-state index contributed by atoms with van der Waals surface area (Å²) in [6.45, 7) is 0. The molecule has 0 aromatic heterocycles. The zero-order valence-electron chi connectivity index (χ0n) is 8.26. The third kappa shape index (κ3) is 4.47. The van der Waals surface area contributed by atoms with Crippen LogP contribution in [0, 0.1) is 0 Å². The molecule has 0 heterocycles. The van der Waals surface area contributed by atoms with Gasteiger partial charge in [-0.3, -0.25) is 0 Å². The van der Waals surface area contributed by atoms with Crippen LogP contribution >= 0.6 is 27.5 Å². The molecule has 0 saturated carbocycles. The zero-order chi connectivity index (χ0) is 10.2. The molecule has 1 unspecified atom stereocenters. The van der Waals surface area contributed by atoms with Gasteiger partial charge in [-0.1, -0.05) is 59.1 Å². The molecule has 2 heteroatoms. The van der Waals surface area contributed by atoms with Crippen LogP contribution in [0.5, 0.6) is 0 Å². The molecule has 0 bridgehead atoms. The second kappa shape index (κ2) is 7.30. The second-order valence-corrected chi connectivity index (χ2v) is 4.74. The van der Waals surface area contributed by atoms with Crippen LogP contribution in [0.2, 0.25) is 0 Å². The van der Waals surface area contributed by atoms with Crippen molar-refractivity contribution in [1.29, 1.82) is 0 Å². The summed E-state index contributed by atoms with van der Waals surface area (Å²) in [4.78, 5) is 0. The molecule has 0 spiro atoms. The Morgan fingerprint density at radius 2 is 1.79 bits per heavy atom. The summed E-state index contributed by atoms with van der Waals surface area (Å²) in [5, 5.41) is 1.29. The number of alkyl halides is 2. The molecule has 1 atom stereocenters. The molecule has 0 fully saturated rings. The molecule has 78 valence electrons. The molecule has 0 aliphatic heterocycles. The fourth-order valence-corrected chi connectivity index (χ4v) is 2.12. The van der Waals surface area contributed by atoms with Crippen molar-refractivity contribution in [3.8, 4) is 0 Å². The number of benzene rings is 1. The largest absolute Gasteiger partial charge is 0.118 e. The van der Waals surface area contributed by atoms with Gasteiger partial charge in [0.05, 0.1) is 5.38 Å². The normalized spacial score (nSPS) is 12.7. The van der Waals surface area contributed by atoms with E-state index in [9.17, 15) is 0 Å². The SMILES string of the molecule is ClC(CCCCCBr)c1ccccc1. The van der Waals surface area contributed by atoms with Gasteiger partial charge in [-0.25, -0.2) is 0 Å². The molecule has 14 heavy (non-hydrogen) atoms. The van der Waals surface area contributed by atoms with Gasteiger partial charge in [-0.05, 0) is 18.4 Å². The van der Waals surface area contributed by atoms with Gasteiger partial charge in [0.2, 0.25) is 0 Å². The van der Waals surface area contributed by atoms with Crippen LogP contribution in [0.4, 0.5) is 0 Å². The quantitative estimate of drug-likeness (QED) is 0.510. The number of unbranched alkanes of at least 4 members (excludes halogenated alkanes) is 2. The lowest BCUT2D eigenvalue weighted by Gasteiger charge is -2.08. The van der Waals surface area contributed by atoms with Crippen molar-refractivity contribution < 1.29 is 0 Å². The first-order valence-corrected chi connectivity index (χ1v) is 6.65. The Balaban J connectivity index is 2.25. The van der Waals surface area contributed by atoms with Crippen LogP contribution in [-0.4, -0.2) is 5.33 Å². The average molecular weight is 276 g/mol. The Morgan fingerprint density at radius 3 is 2.43 bits per heavy atom. The Bertz CT molecular complexity index is 235. The highest BCUT2D eigenvalue weighted by molar-refractivity contribution is 9.09. The van der Waals surface area contributed by atoms with Crippen LogP contribution < -0.4 is 0 Å². The number of rotatable bonds is 6. The molecule has 0 aliphatic rings. The van der Waals surface area contributed by atoms with Crippen molar-refractivity contribution in [1.82, 2.24) is 0 Å². The van der Waals surface area contributed by atoms with E-state index in [0.717, 1.165) is 11.8 Å². The maximum atomic E-state index is 6.27. The maximum absolute atomic E-state index is 6.27. The van der Waals surface area contributed by atoms with Gasteiger partial charge in [0.1, 0.15) is 0 Å². The maximum Gasteiger partial charge on any atom is 0.0585 e. The minimum Gasteiger partial charge on any atom is -0.118 e. The van der Waals surface area contributed by atoms with Gasteiger partial charge in [0.25, 0.3) is 0 Å². The van der Waals surface area contributed by atoms with Crippen LogP contribution in [0.15, 0.2) is 30.3 Å². The molecule has 0 amide bonds. The minimum absolute atomic E-state index is 0.187. The van der Waals surface area contributed by atoms with Crippen molar-refractivity contribution in [2.45, 2.75) is 31.1 Å². The van der Waals surface area contributed by atoms with Crippen LogP contribution in [0.1, 0.15) is 36.6 Å². The Kier molecular flexibility index (Phi) is 6.29. The van der Waals surface area contributed by atoms with Crippen molar-refractivity contribution >= 4 is 27.5 Å². The van der Waals surface area contributed by atoms with E-state index >= 15 is 0 Å². The zero-order valence-corrected chi connectivity index (χ0v) is 10.6. The van der Waals surface area contributed by atoms with Gasteiger partial charge >= 0.3 is 0 Å². The third-order valence-corrected chi connectivity index (χ3v) is 3.28. The first-order valence-electron chi connectivity index (χ1n) is 5.09. The van der Waals surface area contributed by atoms with E-state index in [1.807, 2.05) is 18.2 Å². The predicted molar refractivity (Wildman–Crippen MR) is 67.3 cm³/mol. The van der Waals surface area contributed by atoms with Crippen LogP contribution in [0.25, 0.3) is 0 Å². The molecule has 0 aliphatic carbocycles. The molecule has 0 saturated heterocycles. The van der Waals surface area contributed by atoms with Gasteiger partial charge < -0.3 is 0 Å². The summed E-state index contributed by atoms with van der Waals surface area (Å²) in [6.07, 6.45) is 4.81. The topological polar surface area (TPSA) is 0 Å². The van der Waals surface area contributed by atoms with E-state index in [-0.39, 0.29) is 5.38 Å². The van der Waals surface area contributed by atoms with Crippen molar-refractivity contribution in [3.05, 3.63) is 35.9 Å². The van der Waals surface area contributed by atoms with E-state index in [0.29, 0.717) is 0 Å². The smallest absolute Gasteiger partial charge is 0.0585 e. The monoisotopic (exact) mass is 274 g/mol. The molecular weight excluding hydrogens is 259 g/mol. The summed E-state index contributed by atoms with van der Waals surface area (Å²) >= 11 is 9.70. The summed E-state index contributed by atoms with van der Waals surface area (Å²) < 4.78 is 0.